The molecule has 1 unspecified atom stereocenters. The van der Waals surface area contributed by atoms with Crippen molar-refractivity contribution in [3.05, 3.63) is 83.9 Å². The van der Waals surface area contributed by atoms with Crippen LogP contribution in [0.25, 0.3) is 10.8 Å². The van der Waals surface area contributed by atoms with E-state index in [1.165, 1.54) is 16.3 Å². The molecule has 0 heterocycles. The van der Waals surface area contributed by atoms with Crippen LogP contribution in [0.15, 0.2) is 77.9 Å². The highest BCUT2D eigenvalue weighted by molar-refractivity contribution is 5.82. The molecule has 0 aromatic heterocycles. The number of rotatable bonds is 5. The van der Waals surface area contributed by atoms with Crippen molar-refractivity contribution in [3.63, 3.8) is 0 Å². The first-order valence-electron chi connectivity index (χ1n) is 6.99. The molecule has 21 heavy (non-hydrogen) atoms. The van der Waals surface area contributed by atoms with Gasteiger partial charge in [0.15, 0.2) is 0 Å². The fraction of sp³-hybridized carbons (Fsp3) is 0.111. The second kappa shape index (κ2) is 6.29. The highest BCUT2D eigenvalue weighted by Gasteiger charge is 2.08. The van der Waals surface area contributed by atoms with Crippen LogP contribution >= 0.6 is 0 Å². The van der Waals surface area contributed by atoms with E-state index in [2.05, 4.69) is 40.8 Å². The van der Waals surface area contributed by atoms with E-state index in [1.54, 1.807) is 0 Å². The van der Waals surface area contributed by atoms with Crippen molar-refractivity contribution in [3.8, 4) is 0 Å². The van der Waals surface area contributed by atoms with Crippen molar-refractivity contribution in [1.29, 1.82) is 5.53 Å². The van der Waals surface area contributed by atoms with Crippen molar-refractivity contribution >= 4 is 10.8 Å². The van der Waals surface area contributed by atoms with Crippen LogP contribution < -0.4 is 5.32 Å². The van der Waals surface area contributed by atoms with Crippen LogP contribution in [-0.4, -0.2) is 0 Å². The van der Waals surface area contributed by atoms with Crippen LogP contribution in [-0.2, 0) is 6.54 Å². The molecule has 0 saturated carbocycles. The summed E-state index contributed by atoms with van der Waals surface area (Å²) < 4.78 is 0. The Balaban J connectivity index is 1.74. The third-order valence-electron chi connectivity index (χ3n) is 3.56. The van der Waals surface area contributed by atoms with Gasteiger partial charge in [-0.1, -0.05) is 66.7 Å². The number of benzene rings is 3. The molecule has 0 aliphatic heterocycles. The fourth-order valence-electron chi connectivity index (χ4n) is 2.44. The van der Waals surface area contributed by atoms with Gasteiger partial charge in [0.25, 0.3) is 0 Å². The van der Waals surface area contributed by atoms with Gasteiger partial charge in [0.05, 0.1) is 0 Å². The number of hydrogen-bond donors (Lipinski definition) is 2. The Kier molecular flexibility index (Phi) is 4.03. The summed E-state index contributed by atoms with van der Waals surface area (Å²) in [5, 5.41) is 9.46. The maximum atomic E-state index is 7.36. The first kappa shape index (κ1) is 13.5. The Labute approximate surface area is 124 Å². The molecule has 3 aromatic rings. The van der Waals surface area contributed by atoms with E-state index in [9.17, 15) is 0 Å². The van der Waals surface area contributed by atoms with Crippen LogP contribution in [0, 0.1) is 5.53 Å². The minimum absolute atomic E-state index is 0.294. The summed E-state index contributed by atoms with van der Waals surface area (Å²) >= 11 is 0. The minimum atomic E-state index is -0.294. The Morgan fingerprint density at radius 2 is 1.57 bits per heavy atom. The lowest BCUT2D eigenvalue weighted by Crippen LogP contribution is -2.18. The molecule has 3 nitrogen and oxygen atoms in total. The van der Waals surface area contributed by atoms with Gasteiger partial charge in [0, 0.05) is 6.54 Å². The lowest BCUT2D eigenvalue weighted by Gasteiger charge is -2.13. The average molecular weight is 275 g/mol. The Morgan fingerprint density at radius 1 is 0.857 bits per heavy atom. The molecule has 0 amide bonds. The van der Waals surface area contributed by atoms with Crippen LogP contribution in [0.2, 0.25) is 0 Å². The first-order chi connectivity index (χ1) is 10.4. The standard InChI is InChI=1S/C18H17N3/c19-21-18(16-7-2-1-3-8-16)20-13-14-10-11-15-6-4-5-9-17(15)12-14/h1-12,18-20H,13H2. The van der Waals surface area contributed by atoms with Crippen molar-refractivity contribution in [2.24, 2.45) is 5.11 Å². The molecular weight excluding hydrogens is 258 g/mol. The van der Waals surface area contributed by atoms with Gasteiger partial charge in [-0.25, -0.2) is 5.53 Å². The zero-order chi connectivity index (χ0) is 14.5. The summed E-state index contributed by atoms with van der Waals surface area (Å²) in [6.07, 6.45) is -0.294. The summed E-state index contributed by atoms with van der Waals surface area (Å²) in [5.74, 6) is 0. The molecule has 0 spiro atoms. The third kappa shape index (κ3) is 3.15. The van der Waals surface area contributed by atoms with Gasteiger partial charge in [0.1, 0.15) is 6.17 Å². The predicted octanol–water partition coefficient (Wildman–Crippen LogP) is 4.66. The largest absolute Gasteiger partial charge is 0.286 e. The number of nitrogens with one attached hydrogen (secondary N) is 2. The minimum Gasteiger partial charge on any atom is -0.286 e. The van der Waals surface area contributed by atoms with Gasteiger partial charge in [-0.2, -0.15) is 5.11 Å². The van der Waals surface area contributed by atoms with E-state index in [-0.39, 0.29) is 6.17 Å². The second-order valence-corrected chi connectivity index (χ2v) is 5.00. The summed E-state index contributed by atoms with van der Waals surface area (Å²) in [5.41, 5.74) is 9.56. The highest BCUT2D eigenvalue weighted by Crippen LogP contribution is 2.18. The normalized spacial score (nSPS) is 12.2. The van der Waals surface area contributed by atoms with Crippen molar-refractivity contribution < 1.29 is 0 Å². The SMILES string of the molecule is N=NC(NCc1ccc2ccccc2c1)c1ccccc1. The smallest absolute Gasteiger partial charge is 0.146 e. The van der Waals surface area contributed by atoms with E-state index in [0.29, 0.717) is 6.54 Å². The van der Waals surface area contributed by atoms with Gasteiger partial charge < -0.3 is 0 Å². The zero-order valence-electron chi connectivity index (χ0n) is 11.7. The first-order valence-corrected chi connectivity index (χ1v) is 6.99. The third-order valence-corrected chi connectivity index (χ3v) is 3.56. The number of fused-ring (bicyclic) bond motifs is 1. The maximum Gasteiger partial charge on any atom is 0.146 e. The van der Waals surface area contributed by atoms with Crippen molar-refractivity contribution in [2.75, 3.05) is 0 Å². The maximum absolute atomic E-state index is 7.36. The molecular formula is C18H17N3. The molecule has 3 heteroatoms. The van der Waals surface area contributed by atoms with Gasteiger partial charge in [0.2, 0.25) is 0 Å². The molecule has 0 fully saturated rings. The molecule has 0 saturated heterocycles. The average Bonchev–Trinajstić information content (AvgIpc) is 2.56. The van der Waals surface area contributed by atoms with E-state index in [4.69, 9.17) is 5.53 Å². The van der Waals surface area contributed by atoms with Crippen LogP contribution in [0.1, 0.15) is 17.3 Å². The van der Waals surface area contributed by atoms with E-state index in [0.717, 1.165) is 5.56 Å². The number of hydrogen-bond acceptors (Lipinski definition) is 3. The summed E-state index contributed by atoms with van der Waals surface area (Å²) in [6.45, 7) is 0.687. The zero-order valence-corrected chi connectivity index (χ0v) is 11.7. The number of nitrogens with zero attached hydrogens (tertiary/aromatic N) is 1. The molecule has 3 aromatic carbocycles. The lowest BCUT2D eigenvalue weighted by molar-refractivity contribution is 0.522. The van der Waals surface area contributed by atoms with Crippen LogP contribution in [0.4, 0.5) is 0 Å². The topological polar surface area (TPSA) is 48.2 Å². The Hall–Kier alpha value is -2.52. The molecule has 0 radical (unpaired) electrons. The molecule has 3 rings (SSSR count). The van der Waals surface area contributed by atoms with Crippen LogP contribution in [0.3, 0.4) is 0 Å². The molecule has 104 valence electrons. The lowest BCUT2D eigenvalue weighted by atomic mass is 10.1. The Morgan fingerprint density at radius 3 is 2.33 bits per heavy atom. The van der Waals surface area contributed by atoms with Crippen molar-refractivity contribution in [2.45, 2.75) is 12.7 Å². The van der Waals surface area contributed by atoms with Crippen molar-refractivity contribution in [1.82, 2.24) is 5.32 Å². The van der Waals surface area contributed by atoms with E-state index < -0.39 is 0 Å². The van der Waals surface area contributed by atoms with E-state index >= 15 is 0 Å². The van der Waals surface area contributed by atoms with Gasteiger partial charge >= 0.3 is 0 Å². The Bertz CT molecular complexity index is 738. The molecule has 0 aliphatic rings. The molecule has 0 bridgehead atoms. The van der Waals surface area contributed by atoms with E-state index in [1.807, 2.05) is 42.5 Å². The summed E-state index contributed by atoms with van der Waals surface area (Å²) in [7, 11) is 0. The summed E-state index contributed by atoms with van der Waals surface area (Å²) in [6, 6.07) is 24.6. The van der Waals surface area contributed by atoms with Gasteiger partial charge in [-0.3, -0.25) is 5.32 Å². The highest BCUT2D eigenvalue weighted by atomic mass is 15.1. The molecule has 0 aliphatic carbocycles. The second-order valence-electron chi connectivity index (χ2n) is 5.00. The van der Waals surface area contributed by atoms with Gasteiger partial charge in [-0.05, 0) is 28.0 Å². The monoisotopic (exact) mass is 275 g/mol. The predicted molar refractivity (Wildman–Crippen MR) is 85.1 cm³/mol. The molecule has 1 atom stereocenters. The molecule has 2 N–H and O–H groups in total. The van der Waals surface area contributed by atoms with Crippen LogP contribution in [0.5, 0.6) is 0 Å². The fourth-order valence-corrected chi connectivity index (χ4v) is 2.44. The quantitative estimate of drug-likeness (QED) is 0.654. The summed E-state index contributed by atoms with van der Waals surface area (Å²) in [4.78, 5) is 0. The van der Waals surface area contributed by atoms with Gasteiger partial charge in [-0.15, -0.1) is 0 Å².